The zero-order chi connectivity index (χ0) is 10.6. The third-order valence-electron chi connectivity index (χ3n) is 1.83. The summed E-state index contributed by atoms with van der Waals surface area (Å²) in [6.45, 7) is 3.45. The first-order valence-electron chi connectivity index (χ1n) is 4.25. The van der Waals surface area contributed by atoms with Crippen LogP contribution in [0.2, 0.25) is 0 Å². The molecule has 0 fully saturated rings. The summed E-state index contributed by atoms with van der Waals surface area (Å²) in [5.41, 5.74) is -0.188. The molecular formula is C11H10F2O. The van der Waals surface area contributed by atoms with Crippen molar-refractivity contribution in [3.63, 3.8) is 0 Å². The van der Waals surface area contributed by atoms with Crippen molar-refractivity contribution in [3.8, 4) is 0 Å². The Bertz CT molecular complexity index is 358. The van der Waals surface area contributed by atoms with Crippen molar-refractivity contribution < 1.29 is 13.6 Å². The first kappa shape index (κ1) is 10.6. The summed E-state index contributed by atoms with van der Waals surface area (Å²) < 4.78 is 25.8. The van der Waals surface area contributed by atoms with Gasteiger partial charge in [-0.3, -0.25) is 4.79 Å². The molecule has 0 atom stereocenters. The highest BCUT2D eigenvalue weighted by molar-refractivity contribution is 5.96. The lowest BCUT2D eigenvalue weighted by atomic mass is 10.1. The van der Waals surface area contributed by atoms with Crippen molar-refractivity contribution in [1.29, 1.82) is 0 Å². The Balaban J connectivity index is 2.89. The Morgan fingerprint density at radius 1 is 1.43 bits per heavy atom. The molecule has 0 aliphatic carbocycles. The SMILES string of the molecule is C=CCCC(=O)c1cccc(F)c1F. The Labute approximate surface area is 81.1 Å². The molecule has 0 aliphatic rings. The minimum Gasteiger partial charge on any atom is -0.294 e. The van der Waals surface area contributed by atoms with E-state index in [1.807, 2.05) is 0 Å². The summed E-state index contributed by atoms with van der Waals surface area (Å²) >= 11 is 0. The molecule has 1 nitrogen and oxygen atoms in total. The molecule has 1 rings (SSSR count). The van der Waals surface area contributed by atoms with Crippen molar-refractivity contribution in [2.45, 2.75) is 12.8 Å². The van der Waals surface area contributed by atoms with E-state index in [9.17, 15) is 13.6 Å². The van der Waals surface area contributed by atoms with Gasteiger partial charge in [0.2, 0.25) is 0 Å². The Hall–Kier alpha value is -1.51. The van der Waals surface area contributed by atoms with Crippen molar-refractivity contribution in [1.82, 2.24) is 0 Å². The number of rotatable bonds is 4. The smallest absolute Gasteiger partial charge is 0.169 e. The van der Waals surface area contributed by atoms with Crippen LogP contribution in [0.25, 0.3) is 0 Å². The molecule has 0 heterocycles. The van der Waals surface area contributed by atoms with Gasteiger partial charge in [0, 0.05) is 6.42 Å². The van der Waals surface area contributed by atoms with E-state index in [1.54, 1.807) is 6.08 Å². The number of carbonyl (C=O) groups is 1. The van der Waals surface area contributed by atoms with Crippen LogP contribution in [0.1, 0.15) is 23.2 Å². The van der Waals surface area contributed by atoms with Gasteiger partial charge >= 0.3 is 0 Å². The van der Waals surface area contributed by atoms with Crippen LogP contribution in [0.3, 0.4) is 0 Å². The molecule has 0 N–H and O–H groups in total. The van der Waals surface area contributed by atoms with Gasteiger partial charge < -0.3 is 0 Å². The number of halogens is 2. The fourth-order valence-electron chi connectivity index (χ4n) is 1.09. The average Bonchev–Trinajstić information content (AvgIpc) is 2.18. The second kappa shape index (κ2) is 4.65. The number of benzene rings is 1. The van der Waals surface area contributed by atoms with Crippen molar-refractivity contribution in [2.75, 3.05) is 0 Å². The highest BCUT2D eigenvalue weighted by Gasteiger charge is 2.13. The van der Waals surface area contributed by atoms with E-state index in [4.69, 9.17) is 0 Å². The van der Waals surface area contributed by atoms with E-state index >= 15 is 0 Å². The average molecular weight is 196 g/mol. The van der Waals surface area contributed by atoms with E-state index in [-0.39, 0.29) is 12.0 Å². The van der Waals surface area contributed by atoms with E-state index < -0.39 is 17.4 Å². The molecule has 0 spiro atoms. The number of allylic oxidation sites excluding steroid dienone is 1. The predicted octanol–water partition coefficient (Wildman–Crippen LogP) is 3.11. The highest BCUT2D eigenvalue weighted by Crippen LogP contribution is 2.13. The highest BCUT2D eigenvalue weighted by atomic mass is 19.2. The third kappa shape index (κ3) is 2.25. The first-order valence-corrected chi connectivity index (χ1v) is 4.25. The number of hydrogen-bond acceptors (Lipinski definition) is 1. The van der Waals surface area contributed by atoms with Gasteiger partial charge in [-0.25, -0.2) is 8.78 Å². The van der Waals surface area contributed by atoms with Gasteiger partial charge in [0.05, 0.1) is 5.56 Å². The lowest BCUT2D eigenvalue weighted by Crippen LogP contribution is -2.03. The normalized spacial score (nSPS) is 9.86. The van der Waals surface area contributed by atoms with Gasteiger partial charge in [0.25, 0.3) is 0 Å². The van der Waals surface area contributed by atoms with Crippen molar-refractivity contribution >= 4 is 5.78 Å². The van der Waals surface area contributed by atoms with Crippen LogP contribution in [0.5, 0.6) is 0 Å². The molecule has 1 aromatic rings. The van der Waals surface area contributed by atoms with E-state index in [0.717, 1.165) is 6.07 Å². The van der Waals surface area contributed by atoms with Gasteiger partial charge in [-0.15, -0.1) is 6.58 Å². The maximum Gasteiger partial charge on any atom is 0.169 e. The quantitative estimate of drug-likeness (QED) is 0.534. The molecule has 1 aromatic carbocycles. The molecule has 3 heteroatoms. The van der Waals surface area contributed by atoms with Crippen LogP contribution in [-0.2, 0) is 0 Å². The largest absolute Gasteiger partial charge is 0.294 e. The summed E-state index contributed by atoms with van der Waals surface area (Å²) in [6, 6.07) is 3.59. The molecule has 0 aliphatic heterocycles. The molecule has 0 unspecified atom stereocenters. The second-order valence-corrected chi connectivity index (χ2v) is 2.85. The maximum absolute atomic E-state index is 13.1. The van der Waals surface area contributed by atoms with Gasteiger partial charge in [-0.05, 0) is 18.6 Å². The van der Waals surface area contributed by atoms with Crippen molar-refractivity contribution in [3.05, 3.63) is 48.1 Å². The van der Waals surface area contributed by atoms with E-state index in [2.05, 4.69) is 6.58 Å². The molecule has 14 heavy (non-hydrogen) atoms. The van der Waals surface area contributed by atoms with Gasteiger partial charge in [0.1, 0.15) is 0 Å². The summed E-state index contributed by atoms with van der Waals surface area (Å²) in [7, 11) is 0. The molecule has 0 amide bonds. The lowest BCUT2D eigenvalue weighted by Gasteiger charge is -2.01. The number of carbonyl (C=O) groups excluding carboxylic acids is 1. The van der Waals surface area contributed by atoms with Crippen LogP contribution in [0.15, 0.2) is 30.9 Å². The number of ketones is 1. The lowest BCUT2D eigenvalue weighted by molar-refractivity contribution is 0.0979. The molecule has 0 saturated heterocycles. The molecular weight excluding hydrogens is 186 g/mol. The number of hydrogen-bond donors (Lipinski definition) is 0. The Morgan fingerprint density at radius 3 is 2.79 bits per heavy atom. The molecule has 0 saturated carbocycles. The topological polar surface area (TPSA) is 17.1 Å². The Morgan fingerprint density at radius 2 is 2.14 bits per heavy atom. The van der Waals surface area contributed by atoms with Gasteiger partial charge in [-0.1, -0.05) is 12.1 Å². The van der Waals surface area contributed by atoms with Crippen LogP contribution >= 0.6 is 0 Å². The summed E-state index contributed by atoms with van der Waals surface area (Å²) in [4.78, 5) is 11.3. The minimum absolute atomic E-state index is 0.157. The second-order valence-electron chi connectivity index (χ2n) is 2.85. The number of Topliss-reactive ketones (excluding diaryl/α,β-unsaturated/α-hetero) is 1. The van der Waals surface area contributed by atoms with Gasteiger partial charge in [-0.2, -0.15) is 0 Å². The van der Waals surface area contributed by atoms with Crippen LogP contribution in [0.4, 0.5) is 8.78 Å². The molecule has 0 radical (unpaired) electrons. The predicted molar refractivity (Wildman–Crippen MR) is 50.1 cm³/mol. The standard InChI is InChI=1S/C11H10F2O/c1-2-3-7-10(14)8-5-4-6-9(12)11(8)13/h2,4-6H,1,3,7H2. The fourth-order valence-corrected chi connectivity index (χ4v) is 1.09. The Kier molecular flexibility index (Phi) is 3.51. The summed E-state index contributed by atoms with van der Waals surface area (Å²) in [5.74, 6) is -2.46. The summed E-state index contributed by atoms with van der Waals surface area (Å²) in [5, 5.41) is 0. The monoisotopic (exact) mass is 196 g/mol. The van der Waals surface area contributed by atoms with Crippen molar-refractivity contribution in [2.24, 2.45) is 0 Å². The maximum atomic E-state index is 13.1. The third-order valence-corrected chi connectivity index (χ3v) is 1.83. The molecule has 74 valence electrons. The van der Waals surface area contributed by atoms with Crippen LogP contribution in [0, 0.1) is 11.6 Å². The van der Waals surface area contributed by atoms with E-state index in [1.165, 1.54) is 12.1 Å². The molecule has 0 aromatic heterocycles. The molecule has 0 bridgehead atoms. The van der Waals surface area contributed by atoms with Crippen LogP contribution in [-0.4, -0.2) is 5.78 Å². The first-order chi connectivity index (χ1) is 6.66. The minimum atomic E-state index is -1.07. The van der Waals surface area contributed by atoms with E-state index in [0.29, 0.717) is 6.42 Å². The fraction of sp³-hybridized carbons (Fsp3) is 0.182. The van der Waals surface area contributed by atoms with Gasteiger partial charge in [0.15, 0.2) is 17.4 Å². The zero-order valence-electron chi connectivity index (χ0n) is 7.59. The van der Waals surface area contributed by atoms with Crippen LogP contribution < -0.4 is 0 Å². The summed E-state index contributed by atoms with van der Waals surface area (Å²) in [6.07, 6.45) is 2.19. The zero-order valence-corrected chi connectivity index (χ0v) is 7.59.